The van der Waals surface area contributed by atoms with E-state index < -0.39 is 0 Å². The number of hydrogen-bond acceptors (Lipinski definition) is 4. The van der Waals surface area contributed by atoms with Crippen molar-refractivity contribution in [1.82, 2.24) is 10.3 Å². The number of benzene rings is 2. The largest absolute Gasteiger partial charge is 0.507 e. The Bertz CT molecular complexity index is 884. The minimum absolute atomic E-state index is 0.00278. The molecule has 0 spiro atoms. The fourth-order valence-corrected chi connectivity index (χ4v) is 2.89. The lowest BCUT2D eigenvalue weighted by Gasteiger charge is -2.15. The number of H-pyrrole nitrogens is 1. The summed E-state index contributed by atoms with van der Waals surface area (Å²) in [6, 6.07) is 19.0. The predicted molar refractivity (Wildman–Crippen MR) is 103 cm³/mol. The van der Waals surface area contributed by atoms with Crippen LogP contribution in [0.15, 0.2) is 60.7 Å². The molecule has 0 radical (unpaired) electrons. The minimum atomic E-state index is -0.00278. The standard InChI is InChI=1S/C20H22N4O/c1-23-19(13-7-3-2-4-8-13)17-12-14(20(22)24-17)11-16(21)15-9-5-6-10-18(15)25/h2-12,19,23-25H,21-22H2,1H3/b16-11-. The summed E-state index contributed by atoms with van der Waals surface area (Å²) in [5, 5.41) is 13.2. The SMILES string of the molecule is CNC(c1ccccc1)c1cc(/C=C(\N)c2ccccc2O)c(N)[nH]1. The molecule has 0 bridgehead atoms. The van der Waals surface area contributed by atoms with Gasteiger partial charge in [-0.1, -0.05) is 42.5 Å². The molecule has 0 aliphatic rings. The Morgan fingerprint density at radius 2 is 1.80 bits per heavy atom. The van der Waals surface area contributed by atoms with Crippen LogP contribution in [0.3, 0.4) is 0 Å². The van der Waals surface area contributed by atoms with Crippen LogP contribution in [0, 0.1) is 0 Å². The highest BCUT2D eigenvalue weighted by Crippen LogP contribution is 2.28. The van der Waals surface area contributed by atoms with E-state index in [0.29, 0.717) is 17.1 Å². The molecule has 1 unspecified atom stereocenters. The number of aromatic hydroxyl groups is 1. The van der Waals surface area contributed by atoms with Crippen molar-refractivity contribution in [3.05, 3.63) is 83.0 Å². The first kappa shape index (κ1) is 16.7. The van der Waals surface area contributed by atoms with E-state index in [1.54, 1.807) is 24.3 Å². The first-order valence-electron chi connectivity index (χ1n) is 8.06. The molecule has 1 atom stereocenters. The second kappa shape index (κ2) is 7.15. The maximum atomic E-state index is 9.94. The molecule has 0 amide bonds. The smallest absolute Gasteiger partial charge is 0.124 e. The van der Waals surface area contributed by atoms with E-state index >= 15 is 0 Å². The van der Waals surface area contributed by atoms with Gasteiger partial charge >= 0.3 is 0 Å². The maximum absolute atomic E-state index is 9.94. The molecule has 5 nitrogen and oxygen atoms in total. The van der Waals surface area contributed by atoms with E-state index in [0.717, 1.165) is 16.8 Å². The quantitative estimate of drug-likeness (QED) is 0.495. The number of nitrogens with one attached hydrogen (secondary N) is 2. The number of hydrogen-bond donors (Lipinski definition) is 5. The molecule has 0 fully saturated rings. The van der Waals surface area contributed by atoms with Crippen molar-refractivity contribution in [3.63, 3.8) is 0 Å². The Morgan fingerprint density at radius 3 is 2.48 bits per heavy atom. The Labute approximate surface area is 147 Å². The molecule has 0 saturated carbocycles. The molecule has 128 valence electrons. The third-order valence-corrected chi connectivity index (χ3v) is 4.16. The van der Waals surface area contributed by atoms with Crippen LogP contribution in [0.5, 0.6) is 5.75 Å². The lowest BCUT2D eigenvalue weighted by atomic mass is 10.0. The second-order valence-corrected chi connectivity index (χ2v) is 5.84. The highest BCUT2D eigenvalue weighted by Gasteiger charge is 2.15. The average Bonchev–Trinajstić information content (AvgIpc) is 2.97. The van der Waals surface area contributed by atoms with Crippen molar-refractivity contribution >= 4 is 17.6 Å². The topological polar surface area (TPSA) is 100 Å². The number of anilines is 1. The molecule has 0 aliphatic heterocycles. The zero-order valence-corrected chi connectivity index (χ0v) is 14.0. The van der Waals surface area contributed by atoms with Gasteiger partial charge in [0.15, 0.2) is 0 Å². The van der Waals surface area contributed by atoms with Gasteiger partial charge in [-0.2, -0.15) is 0 Å². The Balaban J connectivity index is 1.95. The van der Waals surface area contributed by atoms with Crippen LogP contribution in [-0.4, -0.2) is 17.1 Å². The summed E-state index contributed by atoms with van der Waals surface area (Å²) >= 11 is 0. The van der Waals surface area contributed by atoms with Gasteiger partial charge in [-0.05, 0) is 36.9 Å². The molecular weight excluding hydrogens is 312 g/mol. The van der Waals surface area contributed by atoms with Crippen molar-refractivity contribution in [3.8, 4) is 5.75 Å². The van der Waals surface area contributed by atoms with E-state index in [-0.39, 0.29) is 11.8 Å². The van der Waals surface area contributed by atoms with Crippen LogP contribution in [0.4, 0.5) is 5.82 Å². The van der Waals surface area contributed by atoms with Crippen LogP contribution < -0.4 is 16.8 Å². The van der Waals surface area contributed by atoms with Crippen LogP contribution in [-0.2, 0) is 0 Å². The number of nitrogens with two attached hydrogens (primary N) is 2. The zero-order valence-electron chi connectivity index (χ0n) is 14.0. The van der Waals surface area contributed by atoms with Crippen LogP contribution in [0.25, 0.3) is 11.8 Å². The fraction of sp³-hybridized carbons (Fsp3) is 0.100. The van der Waals surface area contributed by atoms with Gasteiger partial charge in [-0.15, -0.1) is 0 Å². The van der Waals surface area contributed by atoms with Crippen LogP contribution in [0.2, 0.25) is 0 Å². The Hall–Kier alpha value is -3.18. The van der Waals surface area contributed by atoms with Gasteiger partial charge in [0.05, 0.1) is 6.04 Å². The molecule has 2 aromatic carbocycles. The number of nitrogen functional groups attached to an aromatic ring is 1. The molecule has 3 rings (SSSR count). The van der Waals surface area contributed by atoms with Crippen molar-refractivity contribution in [2.45, 2.75) is 6.04 Å². The van der Waals surface area contributed by atoms with Gasteiger partial charge in [0.1, 0.15) is 11.6 Å². The zero-order chi connectivity index (χ0) is 17.8. The van der Waals surface area contributed by atoms with Crippen molar-refractivity contribution in [2.75, 3.05) is 12.8 Å². The van der Waals surface area contributed by atoms with E-state index in [1.807, 2.05) is 37.4 Å². The summed E-state index contributed by atoms with van der Waals surface area (Å²) in [5.74, 6) is 0.674. The number of aromatic nitrogens is 1. The molecule has 1 heterocycles. The predicted octanol–water partition coefficient (Wildman–Crippen LogP) is 3.07. The van der Waals surface area contributed by atoms with Gasteiger partial charge in [-0.25, -0.2) is 0 Å². The average molecular weight is 334 g/mol. The van der Waals surface area contributed by atoms with Crippen molar-refractivity contribution in [2.24, 2.45) is 5.73 Å². The Kier molecular flexibility index (Phi) is 4.77. The van der Waals surface area contributed by atoms with Gasteiger partial charge < -0.3 is 26.9 Å². The normalized spacial score (nSPS) is 12.9. The molecule has 5 heteroatoms. The number of rotatable bonds is 5. The van der Waals surface area contributed by atoms with E-state index in [1.165, 1.54) is 0 Å². The molecular formula is C20H22N4O. The van der Waals surface area contributed by atoms with Gasteiger partial charge in [-0.3, -0.25) is 0 Å². The summed E-state index contributed by atoms with van der Waals surface area (Å²) < 4.78 is 0. The van der Waals surface area contributed by atoms with Crippen molar-refractivity contribution in [1.29, 1.82) is 0 Å². The third kappa shape index (κ3) is 3.51. The molecule has 0 aliphatic carbocycles. The van der Waals surface area contributed by atoms with E-state index in [2.05, 4.69) is 22.4 Å². The van der Waals surface area contributed by atoms with Gasteiger partial charge in [0, 0.05) is 22.5 Å². The first-order chi connectivity index (χ1) is 12.1. The number of phenolic OH excluding ortho intramolecular Hbond substituents is 1. The highest BCUT2D eigenvalue weighted by molar-refractivity contribution is 5.84. The third-order valence-electron chi connectivity index (χ3n) is 4.16. The molecule has 7 N–H and O–H groups in total. The fourth-order valence-electron chi connectivity index (χ4n) is 2.89. The highest BCUT2D eigenvalue weighted by atomic mass is 16.3. The maximum Gasteiger partial charge on any atom is 0.124 e. The number of para-hydroxylation sites is 1. The summed E-state index contributed by atoms with van der Waals surface area (Å²) in [6.45, 7) is 0. The molecule has 3 aromatic rings. The first-order valence-corrected chi connectivity index (χ1v) is 8.06. The molecule has 25 heavy (non-hydrogen) atoms. The van der Waals surface area contributed by atoms with E-state index in [4.69, 9.17) is 11.5 Å². The van der Waals surface area contributed by atoms with Crippen LogP contribution in [0.1, 0.15) is 28.4 Å². The van der Waals surface area contributed by atoms with E-state index in [9.17, 15) is 5.11 Å². The lowest BCUT2D eigenvalue weighted by Crippen LogP contribution is -2.17. The van der Waals surface area contributed by atoms with Crippen molar-refractivity contribution < 1.29 is 5.11 Å². The summed E-state index contributed by atoms with van der Waals surface area (Å²) in [6.07, 6.45) is 1.77. The Morgan fingerprint density at radius 1 is 1.12 bits per heavy atom. The summed E-state index contributed by atoms with van der Waals surface area (Å²) in [5.41, 5.74) is 16.2. The monoisotopic (exact) mass is 334 g/mol. The van der Waals surface area contributed by atoms with Gasteiger partial charge in [0.25, 0.3) is 0 Å². The molecule has 1 aromatic heterocycles. The number of phenols is 1. The van der Waals surface area contributed by atoms with Gasteiger partial charge in [0.2, 0.25) is 0 Å². The molecule has 0 saturated heterocycles. The summed E-state index contributed by atoms with van der Waals surface area (Å²) in [4.78, 5) is 3.22. The number of aromatic amines is 1. The summed E-state index contributed by atoms with van der Waals surface area (Å²) in [7, 11) is 1.90. The minimum Gasteiger partial charge on any atom is -0.507 e. The second-order valence-electron chi connectivity index (χ2n) is 5.84. The lowest BCUT2D eigenvalue weighted by molar-refractivity contribution is 0.473. The van der Waals surface area contributed by atoms with Crippen LogP contribution >= 0.6 is 0 Å².